The molecular weight excluding hydrogens is 212 g/mol. The topological polar surface area (TPSA) is 33.3 Å². The Morgan fingerprint density at radius 1 is 1.24 bits per heavy atom. The van der Waals surface area contributed by atoms with E-state index in [1.54, 1.807) is 0 Å². The van der Waals surface area contributed by atoms with E-state index in [4.69, 9.17) is 4.74 Å². The molecule has 3 nitrogen and oxygen atoms in total. The van der Waals surface area contributed by atoms with E-state index >= 15 is 0 Å². The maximum atomic E-state index is 5.88. The van der Waals surface area contributed by atoms with Crippen LogP contribution in [0.15, 0.2) is 18.2 Å². The highest BCUT2D eigenvalue weighted by molar-refractivity contribution is 5.57. The van der Waals surface area contributed by atoms with Crippen LogP contribution in [0, 0.1) is 0 Å². The maximum absolute atomic E-state index is 5.88. The second-order valence-corrected chi connectivity index (χ2v) is 4.95. The number of ether oxygens (including phenoxy) is 1. The normalized spacial score (nSPS) is 22.9. The molecule has 0 radical (unpaired) electrons. The zero-order valence-electron chi connectivity index (χ0n) is 10.2. The van der Waals surface area contributed by atoms with E-state index in [0.29, 0.717) is 6.04 Å². The fourth-order valence-electron chi connectivity index (χ4n) is 2.63. The lowest BCUT2D eigenvalue weighted by atomic mass is 10.1. The van der Waals surface area contributed by atoms with Gasteiger partial charge in [-0.2, -0.15) is 0 Å². The molecule has 17 heavy (non-hydrogen) atoms. The number of fused-ring (bicyclic) bond motifs is 1. The Balaban J connectivity index is 1.57. The predicted molar refractivity (Wildman–Crippen MR) is 69.8 cm³/mol. The molecule has 0 aliphatic carbocycles. The smallest absolute Gasteiger partial charge is 0.119 e. The second kappa shape index (κ2) is 4.96. The quantitative estimate of drug-likeness (QED) is 0.838. The molecule has 1 aromatic rings. The summed E-state index contributed by atoms with van der Waals surface area (Å²) < 4.78 is 5.88. The lowest BCUT2D eigenvalue weighted by Crippen LogP contribution is -2.38. The molecule has 3 heteroatoms. The Bertz CT molecular complexity index is 386. The fraction of sp³-hybridized carbons (Fsp3) is 0.571. The molecule has 0 saturated carbocycles. The van der Waals surface area contributed by atoms with E-state index in [-0.39, 0.29) is 0 Å². The summed E-state index contributed by atoms with van der Waals surface area (Å²) >= 11 is 0. The van der Waals surface area contributed by atoms with Crippen molar-refractivity contribution in [1.82, 2.24) is 5.32 Å². The summed E-state index contributed by atoms with van der Waals surface area (Å²) in [5, 5.41) is 6.87. The van der Waals surface area contributed by atoms with Crippen LogP contribution in [-0.4, -0.2) is 25.7 Å². The van der Waals surface area contributed by atoms with Gasteiger partial charge in [-0.3, -0.25) is 0 Å². The van der Waals surface area contributed by atoms with Crippen molar-refractivity contribution in [2.45, 2.75) is 31.7 Å². The summed E-state index contributed by atoms with van der Waals surface area (Å²) in [5.41, 5.74) is 2.66. The van der Waals surface area contributed by atoms with E-state index in [0.717, 1.165) is 31.9 Å². The number of piperidine rings is 1. The van der Waals surface area contributed by atoms with Gasteiger partial charge < -0.3 is 15.4 Å². The molecule has 3 rings (SSSR count). The lowest BCUT2D eigenvalue weighted by molar-refractivity contribution is 0.239. The van der Waals surface area contributed by atoms with Crippen molar-refractivity contribution < 1.29 is 4.74 Å². The predicted octanol–water partition coefficient (Wildman–Crippen LogP) is 2.18. The molecule has 1 atom stereocenters. The monoisotopic (exact) mass is 232 g/mol. The summed E-state index contributed by atoms with van der Waals surface area (Å²) in [5.74, 6) is 1.01. The van der Waals surface area contributed by atoms with Crippen LogP contribution in [0.2, 0.25) is 0 Å². The van der Waals surface area contributed by atoms with E-state index in [2.05, 4.69) is 28.8 Å². The molecule has 0 aromatic heterocycles. The number of nitrogens with one attached hydrogen (secondary N) is 2. The van der Waals surface area contributed by atoms with Crippen LogP contribution in [0.5, 0.6) is 5.75 Å². The van der Waals surface area contributed by atoms with Gasteiger partial charge in [-0.25, -0.2) is 0 Å². The first kappa shape index (κ1) is 10.9. The number of rotatable bonds is 3. The Morgan fingerprint density at radius 3 is 3.12 bits per heavy atom. The molecule has 92 valence electrons. The van der Waals surface area contributed by atoms with Crippen molar-refractivity contribution >= 4 is 5.69 Å². The average Bonchev–Trinajstić information content (AvgIpc) is 2.85. The van der Waals surface area contributed by atoms with Gasteiger partial charge in [0.05, 0.1) is 0 Å². The minimum Gasteiger partial charge on any atom is -0.492 e. The van der Waals surface area contributed by atoms with Gasteiger partial charge in [0.2, 0.25) is 0 Å². The molecule has 1 fully saturated rings. The van der Waals surface area contributed by atoms with Crippen molar-refractivity contribution in [3.05, 3.63) is 23.8 Å². The molecule has 2 heterocycles. The maximum Gasteiger partial charge on any atom is 0.119 e. The van der Waals surface area contributed by atoms with Crippen LogP contribution in [0.4, 0.5) is 5.69 Å². The Hall–Kier alpha value is -1.22. The van der Waals surface area contributed by atoms with Gasteiger partial charge in [-0.1, -0.05) is 6.42 Å². The highest BCUT2D eigenvalue weighted by atomic mass is 16.5. The third kappa shape index (κ3) is 2.55. The first-order chi connectivity index (χ1) is 8.42. The third-order valence-electron chi connectivity index (χ3n) is 3.65. The molecule has 2 aliphatic heterocycles. The first-order valence-corrected chi connectivity index (χ1v) is 6.65. The molecule has 0 spiro atoms. The minimum atomic E-state index is 0.537. The molecule has 2 aliphatic rings. The van der Waals surface area contributed by atoms with Gasteiger partial charge in [0, 0.05) is 18.3 Å². The highest BCUT2D eigenvalue weighted by Crippen LogP contribution is 2.26. The van der Waals surface area contributed by atoms with Gasteiger partial charge in [0.15, 0.2) is 0 Å². The Morgan fingerprint density at radius 2 is 2.24 bits per heavy atom. The van der Waals surface area contributed by atoms with Crippen molar-refractivity contribution in [3.8, 4) is 5.75 Å². The molecule has 1 aromatic carbocycles. The average molecular weight is 232 g/mol. The van der Waals surface area contributed by atoms with Crippen molar-refractivity contribution in [2.24, 2.45) is 0 Å². The molecular formula is C14H20N2O. The van der Waals surface area contributed by atoms with E-state index in [1.165, 1.54) is 30.5 Å². The van der Waals surface area contributed by atoms with E-state index in [1.807, 2.05) is 0 Å². The second-order valence-electron chi connectivity index (χ2n) is 4.95. The van der Waals surface area contributed by atoms with Crippen LogP contribution >= 0.6 is 0 Å². The largest absolute Gasteiger partial charge is 0.492 e. The lowest BCUT2D eigenvalue weighted by Gasteiger charge is -2.23. The van der Waals surface area contributed by atoms with Crippen molar-refractivity contribution in [3.63, 3.8) is 0 Å². The van der Waals surface area contributed by atoms with E-state index < -0.39 is 0 Å². The Labute approximate surface area is 103 Å². The van der Waals surface area contributed by atoms with Gasteiger partial charge in [-0.05, 0) is 49.6 Å². The third-order valence-corrected chi connectivity index (χ3v) is 3.65. The molecule has 0 amide bonds. The van der Waals surface area contributed by atoms with Gasteiger partial charge in [0.1, 0.15) is 12.4 Å². The number of hydrogen-bond donors (Lipinski definition) is 2. The summed E-state index contributed by atoms with van der Waals surface area (Å²) in [7, 11) is 0. The minimum absolute atomic E-state index is 0.537. The fourth-order valence-corrected chi connectivity index (χ4v) is 2.63. The van der Waals surface area contributed by atoms with Gasteiger partial charge in [0.25, 0.3) is 0 Å². The van der Waals surface area contributed by atoms with Crippen molar-refractivity contribution in [2.75, 3.05) is 25.0 Å². The first-order valence-electron chi connectivity index (χ1n) is 6.65. The van der Waals surface area contributed by atoms with Gasteiger partial charge >= 0.3 is 0 Å². The summed E-state index contributed by atoms with van der Waals surface area (Å²) in [6, 6.07) is 6.92. The molecule has 2 N–H and O–H groups in total. The standard InChI is InChI=1S/C14H20N2O/c1-2-7-15-12(3-1)10-17-13-4-5-14-11(9-13)6-8-16-14/h4-5,9,12,15-16H,1-3,6-8,10H2. The van der Waals surface area contributed by atoms with Crippen LogP contribution in [0.1, 0.15) is 24.8 Å². The molecule has 1 saturated heterocycles. The highest BCUT2D eigenvalue weighted by Gasteiger charge is 2.14. The SMILES string of the molecule is c1cc2c(cc1OCC1CCCCN1)CCN2. The number of anilines is 1. The summed E-state index contributed by atoms with van der Waals surface area (Å²) in [6.45, 7) is 3.00. The number of hydrogen-bond acceptors (Lipinski definition) is 3. The zero-order valence-corrected chi connectivity index (χ0v) is 10.2. The van der Waals surface area contributed by atoms with Gasteiger partial charge in [-0.15, -0.1) is 0 Å². The van der Waals surface area contributed by atoms with Crippen molar-refractivity contribution in [1.29, 1.82) is 0 Å². The zero-order chi connectivity index (χ0) is 11.5. The number of benzene rings is 1. The van der Waals surface area contributed by atoms with Crippen LogP contribution in [0.3, 0.4) is 0 Å². The van der Waals surface area contributed by atoms with E-state index in [9.17, 15) is 0 Å². The van der Waals surface area contributed by atoms with Crippen LogP contribution in [0.25, 0.3) is 0 Å². The molecule has 0 bridgehead atoms. The summed E-state index contributed by atoms with van der Waals surface area (Å²) in [6.07, 6.45) is 5.00. The molecule has 1 unspecified atom stereocenters. The Kier molecular flexibility index (Phi) is 3.18. The summed E-state index contributed by atoms with van der Waals surface area (Å²) in [4.78, 5) is 0. The van der Waals surface area contributed by atoms with Crippen LogP contribution < -0.4 is 15.4 Å². The van der Waals surface area contributed by atoms with Crippen LogP contribution in [-0.2, 0) is 6.42 Å².